The van der Waals surface area contributed by atoms with E-state index in [1.807, 2.05) is 49.9 Å². The molecule has 5 rings (SSSR count). The van der Waals surface area contributed by atoms with Crippen LogP contribution in [0.5, 0.6) is 0 Å². The summed E-state index contributed by atoms with van der Waals surface area (Å²) in [5.41, 5.74) is 4.35. The van der Waals surface area contributed by atoms with E-state index in [0.29, 0.717) is 5.82 Å². The van der Waals surface area contributed by atoms with Crippen LogP contribution in [0.4, 0.5) is 5.82 Å². The minimum Gasteiger partial charge on any atom is -0.371 e. The first-order valence-electron chi connectivity index (χ1n) is 11.2. The number of nitrogens with one attached hydrogen (secondary N) is 2. The molecule has 0 radical (unpaired) electrons. The van der Waals surface area contributed by atoms with Crippen LogP contribution >= 0.6 is 11.3 Å². The fourth-order valence-electron chi connectivity index (χ4n) is 4.15. The van der Waals surface area contributed by atoms with Gasteiger partial charge in [0.25, 0.3) is 5.91 Å². The van der Waals surface area contributed by atoms with Crippen molar-refractivity contribution in [3.05, 3.63) is 66.0 Å². The third kappa shape index (κ3) is 4.20. The lowest BCUT2D eigenvalue weighted by atomic mass is 10.0. The van der Waals surface area contributed by atoms with Crippen LogP contribution in [0, 0.1) is 0 Å². The molecule has 0 aliphatic heterocycles. The summed E-state index contributed by atoms with van der Waals surface area (Å²) >= 11 is 1.49. The second-order valence-electron chi connectivity index (χ2n) is 8.52. The number of imidazole rings is 1. The lowest BCUT2D eigenvalue weighted by molar-refractivity contribution is 0.0936. The van der Waals surface area contributed by atoms with E-state index < -0.39 is 15.7 Å². The van der Waals surface area contributed by atoms with E-state index in [0.717, 1.165) is 43.8 Å². The molecule has 1 atom stereocenters. The van der Waals surface area contributed by atoms with Crippen molar-refractivity contribution in [1.82, 2.24) is 24.8 Å². The fourth-order valence-corrected chi connectivity index (χ4v) is 5.98. The number of hydrogen-bond acceptors (Lipinski definition) is 8. The Morgan fingerprint density at radius 2 is 1.86 bits per heavy atom. The standard InChI is InChI=1S/C25H24N6O3S2/c1-14(28-23(32)17-10-5-6-11-18(17)36(4,33)34)15-8-7-9-16(12-15)24-29-20-21-19(27-13-31(21)3)22(26-2)30-25(20)35-24/h5-14H,1-4H3,(H,26,30)(H,28,32). The van der Waals surface area contributed by atoms with Crippen molar-refractivity contribution in [2.75, 3.05) is 18.6 Å². The molecule has 0 aliphatic rings. The summed E-state index contributed by atoms with van der Waals surface area (Å²) in [6.07, 6.45) is 2.84. The third-order valence-corrected chi connectivity index (χ3v) is 8.11. The Morgan fingerprint density at radius 1 is 1.08 bits per heavy atom. The van der Waals surface area contributed by atoms with Gasteiger partial charge < -0.3 is 15.2 Å². The number of hydrogen-bond donors (Lipinski definition) is 2. The van der Waals surface area contributed by atoms with Crippen molar-refractivity contribution >= 4 is 54.3 Å². The zero-order valence-corrected chi connectivity index (χ0v) is 21.7. The molecular weight excluding hydrogens is 496 g/mol. The van der Waals surface area contributed by atoms with Crippen molar-refractivity contribution in [2.45, 2.75) is 17.9 Å². The molecule has 3 aromatic heterocycles. The molecule has 0 bridgehead atoms. The van der Waals surface area contributed by atoms with Gasteiger partial charge in [0, 0.05) is 25.9 Å². The zero-order chi connectivity index (χ0) is 25.6. The summed E-state index contributed by atoms with van der Waals surface area (Å²) in [7, 11) is 0.209. The second-order valence-corrected chi connectivity index (χ2v) is 11.5. The number of anilines is 1. The van der Waals surface area contributed by atoms with Gasteiger partial charge in [0.1, 0.15) is 26.4 Å². The van der Waals surface area contributed by atoms with Gasteiger partial charge in [-0.05, 0) is 30.7 Å². The maximum Gasteiger partial charge on any atom is 0.253 e. The lowest BCUT2D eigenvalue weighted by Crippen LogP contribution is -2.28. The average Bonchev–Trinajstić information content (AvgIpc) is 3.46. The number of nitrogens with zero attached hydrogens (tertiary/aromatic N) is 4. The van der Waals surface area contributed by atoms with Crippen molar-refractivity contribution in [1.29, 1.82) is 0 Å². The van der Waals surface area contributed by atoms with E-state index >= 15 is 0 Å². The van der Waals surface area contributed by atoms with Crippen LogP contribution < -0.4 is 10.6 Å². The maximum atomic E-state index is 13.0. The van der Waals surface area contributed by atoms with Gasteiger partial charge in [-0.3, -0.25) is 4.79 Å². The van der Waals surface area contributed by atoms with Crippen molar-refractivity contribution in [3.63, 3.8) is 0 Å². The predicted octanol–water partition coefficient (Wildman–Crippen LogP) is 4.18. The number of thiazole rings is 1. The second kappa shape index (κ2) is 8.99. The minimum atomic E-state index is -3.54. The molecule has 184 valence electrons. The molecule has 9 nitrogen and oxygen atoms in total. The Morgan fingerprint density at radius 3 is 2.61 bits per heavy atom. The molecule has 2 aromatic carbocycles. The molecule has 0 saturated heterocycles. The molecule has 0 saturated carbocycles. The first kappa shape index (κ1) is 23.9. The molecule has 0 spiro atoms. The molecule has 11 heteroatoms. The van der Waals surface area contributed by atoms with Gasteiger partial charge in [-0.1, -0.05) is 41.7 Å². The Balaban J connectivity index is 1.48. The Kier molecular flexibility index (Phi) is 5.97. The number of sulfone groups is 1. The van der Waals surface area contributed by atoms with E-state index in [-0.39, 0.29) is 16.5 Å². The van der Waals surface area contributed by atoms with Crippen LogP contribution in [0.25, 0.3) is 32.0 Å². The molecule has 0 aliphatic carbocycles. The van der Waals surface area contributed by atoms with Gasteiger partial charge in [0.05, 0.1) is 22.8 Å². The molecule has 36 heavy (non-hydrogen) atoms. The first-order valence-corrected chi connectivity index (χ1v) is 13.9. The van der Waals surface area contributed by atoms with E-state index in [4.69, 9.17) is 9.97 Å². The van der Waals surface area contributed by atoms with Crippen LogP contribution in [0.15, 0.2) is 59.8 Å². The van der Waals surface area contributed by atoms with Gasteiger partial charge in [-0.15, -0.1) is 0 Å². The molecule has 1 amide bonds. The number of rotatable bonds is 6. The highest BCUT2D eigenvalue weighted by atomic mass is 32.2. The van der Waals surface area contributed by atoms with Crippen LogP contribution in [-0.4, -0.2) is 47.1 Å². The van der Waals surface area contributed by atoms with E-state index in [1.165, 1.54) is 23.5 Å². The van der Waals surface area contributed by atoms with E-state index in [9.17, 15) is 13.2 Å². The van der Waals surface area contributed by atoms with E-state index in [1.54, 1.807) is 18.5 Å². The highest BCUT2D eigenvalue weighted by molar-refractivity contribution is 7.90. The molecule has 3 heterocycles. The lowest BCUT2D eigenvalue weighted by Gasteiger charge is -2.16. The van der Waals surface area contributed by atoms with Gasteiger partial charge in [-0.25, -0.2) is 23.4 Å². The summed E-state index contributed by atoms with van der Waals surface area (Å²) in [5, 5.41) is 6.83. The minimum absolute atomic E-state index is 0.00726. The molecular formula is C25H24N6O3S2. The number of aryl methyl sites for hydroxylation is 1. The largest absolute Gasteiger partial charge is 0.371 e. The van der Waals surface area contributed by atoms with Crippen LogP contribution in [0.2, 0.25) is 0 Å². The topological polar surface area (TPSA) is 119 Å². The summed E-state index contributed by atoms with van der Waals surface area (Å²) in [5.74, 6) is 0.254. The van der Waals surface area contributed by atoms with Gasteiger partial charge >= 0.3 is 0 Å². The first-order chi connectivity index (χ1) is 17.2. The van der Waals surface area contributed by atoms with Gasteiger partial charge in [-0.2, -0.15) is 0 Å². The average molecular weight is 521 g/mol. The zero-order valence-electron chi connectivity index (χ0n) is 20.1. The van der Waals surface area contributed by atoms with E-state index in [2.05, 4.69) is 15.6 Å². The predicted molar refractivity (Wildman–Crippen MR) is 142 cm³/mol. The van der Waals surface area contributed by atoms with Crippen molar-refractivity contribution in [2.24, 2.45) is 7.05 Å². The number of fused-ring (bicyclic) bond motifs is 3. The van der Waals surface area contributed by atoms with Crippen molar-refractivity contribution < 1.29 is 13.2 Å². The highest BCUT2D eigenvalue weighted by Crippen LogP contribution is 2.35. The van der Waals surface area contributed by atoms with Gasteiger partial charge in [0.2, 0.25) is 0 Å². The van der Waals surface area contributed by atoms with Crippen LogP contribution in [0.1, 0.15) is 28.9 Å². The third-order valence-electron chi connectivity index (χ3n) is 5.96. The number of pyridine rings is 1. The summed E-state index contributed by atoms with van der Waals surface area (Å²) in [6.45, 7) is 1.86. The quantitative estimate of drug-likeness (QED) is 0.345. The Hall–Kier alpha value is -3.83. The monoisotopic (exact) mass is 520 g/mol. The van der Waals surface area contributed by atoms with Gasteiger partial charge in [0.15, 0.2) is 15.7 Å². The number of benzene rings is 2. The Labute approximate surface area is 212 Å². The SMILES string of the molecule is CNc1nc2sc(-c3cccc(C(C)NC(=O)c4ccccc4S(C)(=O)=O)c3)nc2c2c1ncn2C. The molecule has 0 fully saturated rings. The summed E-state index contributed by atoms with van der Waals surface area (Å²) in [4.78, 5) is 27.8. The molecule has 1 unspecified atom stereocenters. The maximum absolute atomic E-state index is 13.0. The number of aromatic nitrogens is 4. The molecule has 5 aromatic rings. The number of carbonyl (C=O) groups is 1. The van der Waals surface area contributed by atoms with Crippen LogP contribution in [0.3, 0.4) is 0 Å². The van der Waals surface area contributed by atoms with Crippen LogP contribution in [-0.2, 0) is 16.9 Å². The highest BCUT2D eigenvalue weighted by Gasteiger charge is 2.21. The Bertz CT molecular complexity index is 1740. The number of amides is 1. The van der Waals surface area contributed by atoms with Crippen molar-refractivity contribution in [3.8, 4) is 10.6 Å². The normalized spacial score (nSPS) is 12.7. The fraction of sp³-hybridized carbons (Fsp3) is 0.200. The summed E-state index contributed by atoms with van der Waals surface area (Å²) < 4.78 is 26.2. The number of carbonyl (C=O) groups excluding carboxylic acids is 1. The smallest absolute Gasteiger partial charge is 0.253 e. The summed E-state index contributed by atoms with van der Waals surface area (Å²) in [6, 6.07) is 13.6. The molecule has 2 N–H and O–H groups in total.